The summed E-state index contributed by atoms with van der Waals surface area (Å²) in [6, 6.07) is 14.2. The van der Waals surface area contributed by atoms with E-state index in [1.165, 1.54) is 0 Å². The molecule has 0 bridgehead atoms. The van der Waals surface area contributed by atoms with E-state index in [2.05, 4.69) is 10.4 Å². The van der Waals surface area contributed by atoms with Crippen molar-refractivity contribution in [2.45, 2.75) is 17.7 Å². The van der Waals surface area contributed by atoms with Crippen molar-refractivity contribution in [2.24, 2.45) is 5.10 Å². The van der Waals surface area contributed by atoms with Crippen LogP contribution < -0.4 is 10.3 Å². The molecular weight excluding hydrogens is 436 g/mol. The number of nitrogens with zero attached hydrogens (tertiary/aromatic N) is 3. The van der Waals surface area contributed by atoms with Crippen molar-refractivity contribution in [3.63, 3.8) is 0 Å². The molecule has 0 aliphatic carbocycles. The van der Waals surface area contributed by atoms with Gasteiger partial charge in [-0.2, -0.15) is 5.10 Å². The van der Waals surface area contributed by atoms with E-state index in [1.54, 1.807) is 24.3 Å². The second-order valence-corrected chi connectivity index (χ2v) is 10.2. The molecule has 3 rings (SSSR count). The third-order valence-corrected chi connectivity index (χ3v) is 6.94. The van der Waals surface area contributed by atoms with Gasteiger partial charge in [0.15, 0.2) is 9.84 Å². The number of hydrogen-bond donors (Lipinski definition) is 1. The SMILES string of the molecule is CN(C)CCNC(=O)CCS(=O)(=O)c1ccc(N2CCC(c3ccc(Cl)cc3)=N2)cc1. The third-order valence-electron chi connectivity index (χ3n) is 4.95. The first-order chi connectivity index (χ1) is 14.7. The second-order valence-electron chi connectivity index (χ2n) is 7.64. The summed E-state index contributed by atoms with van der Waals surface area (Å²) in [5.41, 5.74) is 2.81. The van der Waals surface area contributed by atoms with Crippen LogP contribution in [-0.4, -0.2) is 64.4 Å². The lowest BCUT2D eigenvalue weighted by Crippen LogP contribution is -2.32. The summed E-state index contributed by atoms with van der Waals surface area (Å²) < 4.78 is 25.2. The summed E-state index contributed by atoms with van der Waals surface area (Å²) in [5, 5.41) is 9.92. The first-order valence-electron chi connectivity index (χ1n) is 10.1. The van der Waals surface area contributed by atoms with E-state index < -0.39 is 9.84 Å². The highest BCUT2D eigenvalue weighted by atomic mass is 35.5. The summed E-state index contributed by atoms with van der Waals surface area (Å²) in [7, 11) is 0.285. The number of anilines is 1. The molecule has 2 aromatic rings. The number of halogens is 1. The minimum atomic E-state index is -3.53. The van der Waals surface area contributed by atoms with Crippen molar-refractivity contribution in [1.29, 1.82) is 0 Å². The topological polar surface area (TPSA) is 82.1 Å². The molecule has 166 valence electrons. The van der Waals surface area contributed by atoms with E-state index in [0.29, 0.717) is 18.1 Å². The van der Waals surface area contributed by atoms with Crippen molar-refractivity contribution in [1.82, 2.24) is 10.2 Å². The second kappa shape index (κ2) is 10.3. The maximum absolute atomic E-state index is 12.6. The molecule has 1 aliphatic heterocycles. The monoisotopic (exact) mass is 462 g/mol. The zero-order valence-electron chi connectivity index (χ0n) is 17.7. The van der Waals surface area contributed by atoms with Gasteiger partial charge in [-0.3, -0.25) is 9.80 Å². The molecule has 0 aromatic heterocycles. The Kier molecular flexibility index (Phi) is 7.69. The standard InChI is InChI=1S/C22H27ClN4O3S/c1-26(2)15-13-24-22(28)12-16-31(29,30)20-9-7-19(8-10-20)27-14-11-21(25-27)17-3-5-18(23)6-4-17/h3-10H,11-16H2,1-2H3,(H,24,28). The highest BCUT2D eigenvalue weighted by Gasteiger charge is 2.20. The van der Waals surface area contributed by atoms with E-state index in [1.807, 2.05) is 48.3 Å². The highest BCUT2D eigenvalue weighted by molar-refractivity contribution is 7.91. The molecule has 0 spiro atoms. The molecule has 9 heteroatoms. The van der Waals surface area contributed by atoms with Gasteiger partial charge >= 0.3 is 0 Å². The van der Waals surface area contributed by atoms with E-state index in [0.717, 1.165) is 29.9 Å². The van der Waals surface area contributed by atoms with E-state index in [9.17, 15) is 13.2 Å². The molecule has 7 nitrogen and oxygen atoms in total. The van der Waals surface area contributed by atoms with Gasteiger partial charge in [0.25, 0.3) is 0 Å². The summed E-state index contributed by atoms with van der Waals surface area (Å²) in [6.45, 7) is 1.92. The molecular formula is C22H27ClN4O3S. The van der Waals surface area contributed by atoms with E-state index in [4.69, 9.17) is 11.6 Å². The van der Waals surface area contributed by atoms with Gasteiger partial charge in [0, 0.05) is 37.5 Å². The van der Waals surface area contributed by atoms with Crippen molar-refractivity contribution < 1.29 is 13.2 Å². The molecule has 1 aliphatic rings. The van der Waals surface area contributed by atoms with Crippen LogP contribution in [0.25, 0.3) is 0 Å². The number of likely N-dealkylation sites (N-methyl/N-ethyl adjacent to an activating group) is 1. The molecule has 1 heterocycles. The average Bonchev–Trinajstić information content (AvgIpc) is 3.23. The minimum Gasteiger partial charge on any atom is -0.355 e. The first kappa shape index (κ1) is 23.2. The van der Waals surface area contributed by atoms with Crippen LogP contribution in [0.4, 0.5) is 5.69 Å². The fourth-order valence-corrected chi connectivity index (χ4v) is 4.53. The molecule has 2 aromatic carbocycles. The minimum absolute atomic E-state index is 0.0572. The Labute approximate surface area is 188 Å². The van der Waals surface area contributed by atoms with Crippen molar-refractivity contribution in [3.8, 4) is 0 Å². The Hall–Kier alpha value is -2.42. The Morgan fingerprint density at radius 1 is 1.13 bits per heavy atom. The van der Waals surface area contributed by atoms with Gasteiger partial charge in [-0.15, -0.1) is 0 Å². The number of hydrazone groups is 1. The van der Waals surface area contributed by atoms with Crippen molar-refractivity contribution in [2.75, 3.05) is 44.5 Å². The summed E-state index contributed by atoms with van der Waals surface area (Å²) in [4.78, 5) is 14.0. The van der Waals surface area contributed by atoms with Crippen LogP contribution in [-0.2, 0) is 14.6 Å². The third kappa shape index (κ3) is 6.53. The fourth-order valence-electron chi connectivity index (χ4n) is 3.17. The van der Waals surface area contributed by atoms with Crippen molar-refractivity contribution in [3.05, 3.63) is 59.1 Å². The molecule has 0 unspecified atom stereocenters. The number of sulfone groups is 1. The van der Waals surface area contributed by atoms with Gasteiger partial charge in [0.05, 0.1) is 22.0 Å². The van der Waals surface area contributed by atoms with Crippen LogP contribution in [0.1, 0.15) is 18.4 Å². The Bertz CT molecular complexity index is 1040. The van der Waals surface area contributed by atoms with Crippen LogP contribution >= 0.6 is 11.6 Å². The van der Waals surface area contributed by atoms with E-state index >= 15 is 0 Å². The van der Waals surface area contributed by atoms with Crippen LogP contribution in [0.2, 0.25) is 5.02 Å². The molecule has 0 radical (unpaired) electrons. The molecule has 31 heavy (non-hydrogen) atoms. The molecule has 0 saturated carbocycles. The van der Waals surface area contributed by atoms with Crippen LogP contribution in [0.3, 0.4) is 0 Å². The fraction of sp³-hybridized carbons (Fsp3) is 0.364. The van der Waals surface area contributed by atoms with Gasteiger partial charge in [-0.1, -0.05) is 23.7 Å². The Morgan fingerprint density at radius 2 is 1.81 bits per heavy atom. The quantitative estimate of drug-likeness (QED) is 0.619. The number of rotatable bonds is 9. The van der Waals surface area contributed by atoms with Gasteiger partial charge in [0.2, 0.25) is 5.91 Å². The smallest absolute Gasteiger partial charge is 0.221 e. The Morgan fingerprint density at radius 3 is 2.45 bits per heavy atom. The lowest BCUT2D eigenvalue weighted by molar-refractivity contribution is -0.120. The van der Waals surface area contributed by atoms with Crippen LogP contribution in [0.15, 0.2) is 58.5 Å². The van der Waals surface area contributed by atoms with Gasteiger partial charge in [-0.05, 0) is 56.1 Å². The van der Waals surface area contributed by atoms with Gasteiger partial charge in [0.1, 0.15) is 0 Å². The normalized spacial score (nSPS) is 14.1. The predicted molar refractivity (Wildman–Crippen MR) is 125 cm³/mol. The number of amides is 1. The van der Waals surface area contributed by atoms with E-state index in [-0.39, 0.29) is 23.0 Å². The lowest BCUT2D eigenvalue weighted by atomic mass is 10.1. The number of hydrogen-bond acceptors (Lipinski definition) is 6. The summed E-state index contributed by atoms with van der Waals surface area (Å²) in [6.07, 6.45) is 0.739. The molecule has 1 amide bonds. The molecule has 1 N–H and O–H groups in total. The lowest BCUT2D eigenvalue weighted by Gasteiger charge is -2.14. The summed E-state index contributed by atoms with van der Waals surface area (Å²) in [5.74, 6) is -0.480. The molecule has 0 saturated heterocycles. The van der Waals surface area contributed by atoms with Crippen molar-refractivity contribution >= 4 is 38.7 Å². The maximum Gasteiger partial charge on any atom is 0.221 e. The predicted octanol–water partition coefficient (Wildman–Crippen LogP) is 2.80. The maximum atomic E-state index is 12.6. The highest BCUT2D eigenvalue weighted by Crippen LogP contribution is 2.24. The zero-order chi connectivity index (χ0) is 22.4. The Balaban J connectivity index is 1.59. The number of benzene rings is 2. The van der Waals surface area contributed by atoms with Crippen LogP contribution in [0.5, 0.6) is 0 Å². The molecule has 0 fully saturated rings. The number of nitrogens with one attached hydrogen (secondary N) is 1. The number of carbonyl (C=O) groups is 1. The van der Waals surface area contributed by atoms with Gasteiger partial charge < -0.3 is 10.2 Å². The van der Waals surface area contributed by atoms with Crippen LogP contribution in [0, 0.1) is 0 Å². The zero-order valence-corrected chi connectivity index (χ0v) is 19.3. The van der Waals surface area contributed by atoms with Gasteiger partial charge in [-0.25, -0.2) is 8.42 Å². The first-order valence-corrected chi connectivity index (χ1v) is 12.1. The largest absolute Gasteiger partial charge is 0.355 e. The number of carbonyl (C=O) groups excluding carboxylic acids is 1. The summed E-state index contributed by atoms with van der Waals surface area (Å²) >= 11 is 5.94. The average molecular weight is 463 g/mol. The molecule has 0 atom stereocenters.